The van der Waals surface area contributed by atoms with Gasteiger partial charge < -0.3 is 19.7 Å². The third-order valence-corrected chi connectivity index (χ3v) is 4.81. The predicted octanol–water partition coefficient (Wildman–Crippen LogP) is 2.40. The number of amides is 1. The predicted molar refractivity (Wildman–Crippen MR) is 99.2 cm³/mol. The molecule has 0 radical (unpaired) electrons. The summed E-state index contributed by atoms with van der Waals surface area (Å²) in [6.07, 6.45) is 0.0685. The summed E-state index contributed by atoms with van der Waals surface area (Å²) in [6, 6.07) is 12.1. The van der Waals surface area contributed by atoms with Crippen molar-refractivity contribution in [3.05, 3.63) is 42.0 Å². The number of nitrogens with zero attached hydrogens (tertiary/aromatic N) is 1. The van der Waals surface area contributed by atoms with Crippen LogP contribution < -0.4 is 10.1 Å². The summed E-state index contributed by atoms with van der Waals surface area (Å²) in [4.78, 5) is 14.7. The summed E-state index contributed by atoms with van der Waals surface area (Å²) in [5.41, 5.74) is 1.01. The van der Waals surface area contributed by atoms with Crippen LogP contribution in [0.1, 0.15) is 18.4 Å². The number of benzene rings is 2. The van der Waals surface area contributed by atoms with Gasteiger partial charge in [-0.25, -0.2) is 0 Å². The van der Waals surface area contributed by atoms with Crippen LogP contribution >= 0.6 is 0 Å². The number of rotatable bonds is 5. The van der Waals surface area contributed by atoms with Crippen molar-refractivity contribution in [2.75, 3.05) is 40.4 Å². The molecule has 134 valence electrons. The van der Waals surface area contributed by atoms with Gasteiger partial charge in [-0.15, -0.1) is 0 Å². The van der Waals surface area contributed by atoms with Gasteiger partial charge in [-0.05, 0) is 42.4 Å². The number of fused-ring (bicyclic) bond motifs is 1. The Balaban J connectivity index is 1.64. The summed E-state index contributed by atoms with van der Waals surface area (Å²) < 4.78 is 11.0. The lowest BCUT2D eigenvalue weighted by atomic mass is 9.97. The maximum absolute atomic E-state index is 12.5. The third kappa shape index (κ3) is 4.30. The molecular formula is C20H26N2O3. The lowest BCUT2D eigenvalue weighted by Crippen LogP contribution is -2.46. The highest BCUT2D eigenvalue weighted by molar-refractivity contribution is 5.88. The number of likely N-dealkylation sites (N-methyl/N-ethyl adjacent to an activating group) is 1. The van der Waals surface area contributed by atoms with Crippen LogP contribution in [-0.4, -0.2) is 57.3 Å². The van der Waals surface area contributed by atoms with E-state index in [1.54, 1.807) is 7.11 Å². The maximum atomic E-state index is 12.5. The Bertz CT molecular complexity index is 747. The summed E-state index contributed by atoms with van der Waals surface area (Å²) in [7, 11) is 3.74. The molecule has 1 amide bonds. The first-order valence-corrected chi connectivity index (χ1v) is 8.72. The standard InChI is InChI=1S/C20H26N2O3/c1-14(20(23)21-12-19-13-22(2)8-9-25-19)15-4-5-17-11-18(24-3)7-6-16(17)10-15/h4-7,10-11,14,19H,8-9,12-13H2,1-3H3,(H,21,23)/t14-,19-/m0/s1. The lowest BCUT2D eigenvalue weighted by molar-refractivity contribution is -0.123. The Morgan fingerprint density at radius 1 is 1.32 bits per heavy atom. The molecule has 2 atom stereocenters. The SMILES string of the molecule is COc1ccc2cc([C@H](C)C(=O)NC[C@H]3CN(C)CCO3)ccc2c1. The molecule has 0 bridgehead atoms. The molecule has 1 saturated heterocycles. The number of hydrogen-bond donors (Lipinski definition) is 1. The van der Waals surface area contributed by atoms with Crippen LogP contribution in [-0.2, 0) is 9.53 Å². The van der Waals surface area contributed by atoms with Crippen LogP contribution in [0.2, 0.25) is 0 Å². The number of nitrogens with one attached hydrogen (secondary N) is 1. The lowest BCUT2D eigenvalue weighted by Gasteiger charge is -2.30. The zero-order valence-corrected chi connectivity index (χ0v) is 15.1. The van der Waals surface area contributed by atoms with E-state index < -0.39 is 0 Å². The topological polar surface area (TPSA) is 50.8 Å². The van der Waals surface area contributed by atoms with E-state index in [1.165, 1.54) is 0 Å². The normalized spacial score (nSPS) is 19.6. The molecular weight excluding hydrogens is 316 g/mol. The van der Waals surface area contributed by atoms with E-state index in [2.05, 4.69) is 23.3 Å². The van der Waals surface area contributed by atoms with Gasteiger partial charge >= 0.3 is 0 Å². The van der Waals surface area contributed by atoms with Crippen molar-refractivity contribution < 1.29 is 14.3 Å². The Kier molecular flexibility index (Phi) is 5.56. The quantitative estimate of drug-likeness (QED) is 0.907. The molecule has 1 aliphatic heterocycles. The second-order valence-corrected chi connectivity index (χ2v) is 6.69. The van der Waals surface area contributed by atoms with E-state index in [0.717, 1.165) is 41.8 Å². The molecule has 0 aromatic heterocycles. The Morgan fingerprint density at radius 3 is 2.84 bits per heavy atom. The van der Waals surface area contributed by atoms with Gasteiger partial charge in [0.25, 0.3) is 0 Å². The van der Waals surface area contributed by atoms with Gasteiger partial charge in [0, 0.05) is 19.6 Å². The van der Waals surface area contributed by atoms with Crippen LogP contribution in [0.25, 0.3) is 10.8 Å². The molecule has 25 heavy (non-hydrogen) atoms. The van der Waals surface area contributed by atoms with Crippen molar-refractivity contribution >= 4 is 16.7 Å². The molecule has 0 spiro atoms. The number of morpholine rings is 1. The van der Waals surface area contributed by atoms with Gasteiger partial charge in [-0.2, -0.15) is 0 Å². The Labute approximate surface area is 148 Å². The van der Waals surface area contributed by atoms with Gasteiger partial charge in [0.05, 0.1) is 25.7 Å². The van der Waals surface area contributed by atoms with Crippen LogP contribution in [0.15, 0.2) is 36.4 Å². The Hall–Kier alpha value is -2.11. The molecule has 5 nitrogen and oxygen atoms in total. The average molecular weight is 342 g/mol. The fourth-order valence-electron chi connectivity index (χ4n) is 3.15. The van der Waals surface area contributed by atoms with E-state index in [1.807, 2.05) is 37.3 Å². The number of carbonyl (C=O) groups is 1. The van der Waals surface area contributed by atoms with Crippen LogP contribution in [0.3, 0.4) is 0 Å². The molecule has 1 aliphatic rings. The minimum absolute atomic E-state index is 0.0321. The molecule has 0 saturated carbocycles. The molecule has 0 aliphatic carbocycles. The summed E-state index contributed by atoms with van der Waals surface area (Å²) in [5.74, 6) is 0.668. The van der Waals surface area contributed by atoms with E-state index in [9.17, 15) is 4.79 Å². The molecule has 5 heteroatoms. The largest absolute Gasteiger partial charge is 0.497 e. The number of methoxy groups -OCH3 is 1. The second-order valence-electron chi connectivity index (χ2n) is 6.69. The molecule has 1 heterocycles. The first kappa shape index (κ1) is 17.7. The van der Waals surface area contributed by atoms with E-state index in [4.69, 9.17) is 9.47 Å². The molecule has 2 aromatic carbocycles. The molecule has 0 unspecified atom stereocenters. The third-order valence-electron chi connectivity index (χ3n) is 4.81. The van der Waals surface area contributed by atoms with Crippen molar-refractivity contribution in [3.63, 3.8) is 0 Å². The summed E-state index contributed by atoms with van der Waals surface area (Å²) in [5, 5.41) is 5.24. The van der Waals surface area contributed by atoms with Crippen molar-refractivity contribution in [3.8, 4) is 5.75 Å². The van der Waals surface area contributed by atoms with Gasteiger partial charge in [0.1, 0.15) is 5.75 Å². The van der Waals surface area contributed by atoms with Crippen LogP contribution in [0.4, 0.5) is 0 Å². The van der Waals surface area contributed by atoms with Crippen molar-refractivity contribution in [1.82, 2.24) is 10.2 Å². The molecule has 2 aromatic rings. The highest BCUT2D eigenvalue weighted by Crippen LogP contribution is 2.25. The minimum Gasteiger partial charge on any atom is -0.497 e. The molecule has 3 rings (SSSR count). The zero-order chi connectivity index (χ0) is 17.8. The monoisotopic (exact) mass is 342 g/mol. The maximum Gasteiger partial charge on any atom is 0.227 e. The van der Waals surface area contributed by atoms with Gasteiger partial charge in [0.2, 0.25) is 5.91 Å². The zero-order valence-electron chi connectivity index (χ0n) is 15.1. The minimum atomic E-state index is -0.201. The highest BCUT2D eigenvalue weighted by atomic mass is 16.5. The van der Waals surface area contributed by atoms with Crippen LogP contribution in [0.5, 0.6) is 5.75 Å². The molecule has 1 fully saturated rings. The number of hydrogen-bond acceptors (Lipinski definition) is 4. The highest BCUT2D eigenvalue weighted by Gasteiger charge is 2.21. The van der Waals surface area contributed by atoms with E-state index in [-0.39, 0.29) is 17.9 Å². The smallest absolute Gasteiger partial charge is 0.227 e. The summed E-state index contributed by atoms with van der Waals surface area (Å²) >= 11 is 0. The van der Waals surface area contributed by atoms with Gasteiger partial charge in [-0.1, -0.05) is 24.3 Å². The summed E-state index contributed by atoms with van der Waals surface area (Å²) in [6.45, 7) is 5.02. The van der Waals surface area contributed by atoms with Gasteiger partial charge in [0.15, 0.2) is 0 Å². The fourth-order valence-corrected chi connectivity index (χ4v) is 3.15. The fraction of sp³-hybridized carbons (Fsp3) is 0.450. The Morgan fingerprint density at radius 2 is 2.08 bits per heavy atom. The average Bonchev–Trinajstić information content (AvgIpc) is 2.64. The first-order chi connectivity index (χ1) is 12.1. The van der Waals surface area contributed by atoms with Crippen molar-refractivity contribution in [1.29, 1.82) is 0 Å². The van der Waals surface area contributed by atoms with Crippen molar-refractivity contribution in [2.24, 2.45) is 0 Å². The van der Waals surface area contributed by atoms with Crippen LogP contribution in [0, 0.1) is 0 Å². The van der Waals surface area contributed by atoms with Gasteiger partial charge in [-0.3, -0.25) is 4.79 Å². The van der Waals surface area contributed by atoms with Crippen molar-refractivity contribution in [2.45, 2.75) is 18.9 Å². The molecule has 1 N–H and O–H groups in total. The first-order valence-electron chi connectivity index (χ1n) is 8.72. The number of carbonyl (C=O) groups excluding carboxylic acids is 1. The number of ether oxygens (including phenoxy) is 2. The van der Waals surface area contributed by atoms with E-state index in [0.29, 0.717) is 6.54 Å². The second kappa shape index (κ2) is 7.85. The van der Waals surface area contributed by atoms with E-state index >= 15 is 0 Å².